The lowest BCUT2D eigenvalue weighted by atomic mass is 9.82. The first kappa shape index (κ1) is 31.6. The van der Waals surface area contributed by atoms with Gasteiger partial charge in [-0.05, 0) is 113 Å². The molecule has 4 nitrogen and oxygen atoms in total. The van der Waals surface area contributed by atoms with Gasteiger partial charge in [0.2, 0.25) is 0 Å². The largest absolute Gasteiger partial charge is 0.481 e. The molecule has 1 fully saturated rings. The molecule has 2 unspecified atom stereocenters. The first-order chi connectivity index (χ1) is 27.5. The van der Waals surface area contributed by atoms with E-state index in [-0.39, 0.29) is 11.0 Å². The second-order valence-corrected chi connectivity index (χ2v) is 16.2. The quantitative estimate of drug-likeness (QED) is 0.171. The Bertz CT molecular complexity index is 2970. The number of furan rings is 1. The van der Waals surface area contributed by atoms with E-state index in [1.807, 2.05) is 12.1 Å². The van der Waals surface area contributed by atoms with Gasteiger partial charge in [-0.15, -0.1) is 0 Å². The second-order valence-electron chi connectivity index (χ2n) is 16.2. The molecular formula is C52H38N2O2. The van der Waals surface area contributed by atoms with Crippen molar-refractivity contribution in [2.75, 3.05) is 9.80 Å². The maximum atomic E-state index is 6.61. The van der Waals surface area contributed by atoms with E-state index in [0.717, 1.165) is 68.2 Å². The van der Waals surface area contributed by atoms with Crippen LogP contribution in [0.5, 0.6) is 5.75 Å². The highest BCUT2D eigenvalue weighted by Crippen LogP contribution is 2.63. The van der Waals surface area contributed by atoms with E-state index in [4.69, 9.17) is 9.15 Å². The van der Waals surface area contributed by atoms with E-state index in [2.05, 4.69) is 187 Å². The molecular weight excluding hydrogens is 685 g/mol. The van der Waals surface area contributed by atoms with Gasteiger partial charge in [0.25, 0.3) is 0 Å². The first-order valence-electron chi connectivity index (χ1n) is 19.6. The van der Waals surface area contributed by atoms with Crippen LogP contribution in [0.3, 0.4) is 0 Å². The van der Waals surface area contributed by atoms with E-state index < -0.39 is 0 Å². The van der Waals surface area contributed by atoms with Gasteiger partial charge in [0.1, 0.15) is 22.5 Å². The summed E-state index contributed by atoms with van der Waals surface area (Å²) < 4.78 is 12.8. The van der Waals surface area contributed by atoms with Crippen LogP contribution in [0.2, 0.25) is 0 Å². The molecule has 1 aromatic heterocycles. The molecule has 1 aliphatic heterocycles. The maximum Gasteiger partial charge on any atom is 0.142 e. The summed E-state index contributed by atoms with van der Waals surface area (Å²) in [6, 6.07) is 57.0. The number of nitrogens with zero attached hydrogens (tertiary/aromatic N) is 2. The van der Waals surface area contributed by atoms with Crippen molar-refractivity contribution in [1.82, 2.24) is 0 Å². The van der Waals surface area contributed by atoms with Crippen molar-refractivity contribution < 1.29 is 9.15 Å². The molecule has 2 atom stereocenters. The Morgan fingerprint density at radius 1 is 0.518 bits per heavy atom. The molecule has 268 valence electrons. The molecule has 0 saturated heterocycles. The van der Waals surface area contributed by atoms with Crippen molar-refractivity contribution >= 4 is 61.6 Å². The molecule has 4 heteroatoms. The fourth-order valence-corrected chi connectivity index (χ4v) is 9.76. The fourth-order valence-electron chi connectivity index (χ4n) is 9.76. The van der Waals surface area contributed by atoms with Gasteiger partial charge < -0.3 is 19.0 Å². The van der Waals surface area contributed by atoms with Crippen molar-refractivity contribution in [2.45, 2.75) is 31.3 Å². The van der Waals surface area contributed by atoms with Crippen LogP contribution in [-0.4, -0.2) is 5.60 Å². The van der Waals surface area contributed by atoms with Crippen molar-refractivity contribution in [3.05, 3.63) is 193 Å². The molecule has 0 radical (unpaired) electrons. The van der Waals surface area contributed by atoms with E-state index in [1.54, 1.807) is 0 Å². The third-order valence-corrected chi connectivity index (χ3v) is 12.6. The van der Waals surface area contributed by atoms with Gasteiger partial charge in [0.05, 0.1) is 0 Å². The van der Waals surface area contributed by atoms with Crippen LogP contribution in [-0.2, 0) is 5.41 Å². The molecule has 2 heterocycles. The van der Waals surface area contributed by atoms with Gasteiger partial charge in [-0.2, -0.15) is 0 Å². The zero-order chi connectivity index (χ0) is 37.2. The van der Waals surface area contributed by atoms with Crippen LogP contribution in [0.4, 0.5) is 34.1 Å². The number of rotatable bonds is 6. The topological polar surface area (TPSA) is 28.9 Å². The number of fused-ring (bicyclic) bond motifs is 8. The molecule has 0 amide bonds. The zero-order valence-electron chi connectivity index (χ0n) is 31.2. The smallest absolute Gasteiger partial charge is 0.142 e. The predicted molar refractivity (Wildman–Crippen MR) is 229 cm³/mol. The third-order valence-electron chi connectivity index (χ3n) is 12.6. The maximum absolute atomic E-state index is 6.61. The Morgan fingerprint density at radius 3 is 1.79 bits per heavy atom. The number of benzene rings is 7. The van der Waals surface area contributed by atoms with Gasteiger partial charge in [0.15, 0.2) is 0 Å². The molecule has 8 aromatic rings. The molecule has 0 bridgehead atoms. The Hall–Kier alpha value is -6.78. The number of hydrogen-bond acceptors (Lipinski definition) is 4. The van der Waals surface area contributed by atoms with Crippen LogP contribution >= 0.6 is 0 Å². The molecule has 12 rings (SSSR count). The summed E-state index contributed by atoms with van der Waals surface area (Å²) in [5.74, 6) is 1.47. The van der Waals surface area contributed by atoms with E-state index >= 15 is 0 Å². The molecule has 1 spiro atoms. The molecule has 1 saturated carbocycles. The van der Waals surface area contributed by atoms with Gasteiger partial charge >= 0.3 is 0 Å². The highest BCUT2D eigenvalue weighted by Gasteiger charge is 2.62. The van der Waals surface area contributed by atoms with Gasteiger partial charge in [0, 0.05) is 73.8 Å². The summed E-state index contributed by atoms with van der Waals surface area (Å²) >= 11 is 0. The number of para-hydroxylation sites is 3. The van der Waals surface area contributed by atoms with Gasteiger partial charge in [-0.25, -0.2) is 0 Å². The average Bonchev–Trinajstić information content (AvgIpc) is 3.60. The minimum absolute atomic E-state index is 0.161. The summed E-state index contributed by atoms with van der Waals surface area (Å²) in [6.07, 6.45) is 7.81. The normalized spacial score (nSPS) is 19.0. The zero-order valence-corrected chi connectivity index (χ0v) is 31.2. The summed E-state index contributed by atoms with van der Waals surface area (Å²) in [5, 5.41) is 2.24. The third kappa shape index (κ3) is 4.47. The summed E-state index contributed by atoms with van der Waals surface area (Å²) in [6.45, 7) is 4.74. The second kappa shape index (κ2) is 11.4. The minimum atomic E-state index is -0.246. The molecule has 7 aromatic carbocycles. The Balaban J connectivity index is 0.961. The number of anilines is 6. The van der Waals surface area contributed by atoms with Crippen LogP contribution in [0.15, 0.2) is 180 Å². The predicted octanol–water partition coefficient (Wildman–Crippen LogP) is 13.9. The van der Waals surface area contributed by atoms with Crippen molar-refractivity contribution in [3.63, 3.8) is 0 Å². The van der Waals surface area contributed by atoms with Crippen molar-refractivity contribution in [1.29, 1.82) is 0 Å². The lowest BCUT2D eigenvalue weighted by Gasteiger charge is -2.29. The summed E-state index contributed by atoms with van der Waals surface area (Å²) in [5.41, 5.74) is 15.8. The lowest BCUT2D eigenvalue weighted by Crippen LogP contribution is -2.17. The molecule has 4 aliphatic rings. The van der Waals surface area contributed by atoms with E-state index in [0.29, 0.717) is 5.92 Å². The molecule has 0 N–H and O–H groups in total. The lowest BCUT2D eigenvalue weighted by molar-refractivity contribution is 0.245. The Kier molecular flexibility index (Phi) is 6.41. The standard InChI is InChI=1S/C52H38N2O2/c1-51(2)46-30-38(53(34-13-5-3-6-14-34)36-22-26-49-43(28-36)42-17-9-10-19-48(42)55-49)20-24-40(46)41-25-21-39(31-47(41)51)54(35-15-7-4-8-16-35)37-23-27-50-44(29-37)45-18-11-12-33-32-52(33,45)56-50/h3-31,33H,32H2,1-2H3. The minimum Gasteiger partial charge on any atom is -0.481 e. The van der Waals surface area contributed by atoms with Crippen LogP contribution in [0.25, 0.3) is 38.6 Å². The number of hydrogen-bond donors (Lipinski definition) is 0. The average molecular weight is 723 g/mol. The highest BCUT2D eigenvalue weighted by molar-refractivity contribution is 6.06. The Morgan fingerprint density at radius 2 is 1.09 bits per heavy atom. The monoisotopic (exact) mass is 722 g/mol. The SMILES string of the molecule is CC1(C)c2cc(N(c3ccccc3)c3ccc4c(c3)C3=CC=CC5CC35O4)ccc2-c2ccc(N(c3ccccc3)c3ccc4oc5ccccc5c4c3)cc21. The molecule has 3 aliphatic carbocycles. The van der Waals surface area contributed by atoms with Crippen molar-refractivity contribution in [3.8, 4) is 16.9 Å². The highest BCUT2D eigenvalue weighted by atomic mass is 16.5. The van der Waals surface area contributed by atoms with E-state index in [9.17, 15) is 0 Å². The van der Waals surface area contributed by atoms with Crippen LogP contribution in [0.1, 0.15) is 37.0 Å². The van der Waals surface area contributed by atoms with Gasteiger partial charge in [-0.3, -0.25) is 0 Å². The molecule has 56 heavy (non-hydrogen) atoms. The first-order valence-corrected chi connectivity index (χ1v) is 19.6. The summed E-state index contributed by atoms with van der Waals surface area (Å²) in [4.78, 5) is 4.76. The number of allylic oxidation sites excluding steroid dienone is 2. The fraction of sp³-hybridized carbons (Fsp3) is 0.115. The van der Waals surface area contributed by atoms with Crippen LogP contribution < -0.4 is 14.5 Å². The van der Waals surface area contributed by atoms with Crippen LogP contribution in [0, 0.1) is 5.92 Å². The van der Waals surface area contributed by atoms with Crippen molar-refractivity contribution in [2.24, 2.45) is 5.92 Å². The summed E-state index contributed by atoms with van der Waals surface area (Å²) in [7, 11) is 0. The Labute approximate surface area is 326 Å². The number of ether oxygens (including phenoxy) is 1. The van der Waals surface area contributed by atoms with Gasteiger partial charge in [-0.1, -0.05) is 98.8 Å². The van der Waals surface area contributed by atoms with E-state index in [1.165, 1.54) is 33.4 Å².